The summed E-state index contributed by atoms with van der Waals surface area (Å²) in [6, 6.07) is 11.3. The maximum Gasteiger partial charge on any atom is 0.335 e. The number of carbonyl (C=O) groups excluding carboxylic acids is 1. The standard InChI is InChI=1S/C19H17N3O5/c1-2-26-17-5-3-4-14(11-23)18(17)27-12-15-10-22(21-20-15)16-8-6-13(7-9-16)19(24)25/h3-11H,2,12H2,1H3,(H,24,25). The van der Waals surface area contributed by atoms with Gasteiger partial charge in [-0.3, -0.25) is 4.79 Å². The maximum atomic E-state index is 11.3. The van der Waals surface area contributed by atoms with Crippen LogP contribution in [0.3, 0.4) is 0 Å². The molecule has 0 saturated carbocycles. The van der Waals surface area contributed by atoms with E-state index in [2.05, 4.69) is 10.3 Å². The zero-order valence-electron chi connectivity index (χ0n) is 14.5. The predicted octanol–water partition coefficient (Wildman–Crippen LogP) is 2.76. The molecule has 3 aromatic rings. The number of para-hydroxylation sites is 1. The fourth-order valence-corrected chi connectivity index (χ4v) is 2.44. The molecule has 0 aliphatic carbocycles. The number of aromatic nitrogens is 3. The van der Waals surface area contributed by atoms with Gasteiger partial charge >= 0.3 is 5.97 Å². The first kappa shape index (κ1) is 18.1. The molecule has 0 atom stereocenters. The van der Waals surface area contributed by atoms with Crippen LogP contribution in [-0.4, -0.2) is 39.0 Å². The first-order chi connectivity index (χ1) is 13.1. The van der Waals surface area contributed by atoms with Gasteiger partial charge in [0, 0.05) is 0 Å². The van der Waals surface area contributed by atoms with Gasteiger partial charge in [-0.2, -0.15) is 0 Å². The van der Waals surface area contributed by atoms with Crippen LogP contribution in [0.2, 0.25) is 0 Å². The molecule has 0 saturated heterocycles. The highest BCUT2D eigenvalue weighted by Crippen LogP contribution is 2.31. The first-order valence-electron chi connectivity index (χ1n) is 8.21. The van der Waals surface area contributed by atoms with Crippen molar-refractivity contribution in [2.75, 3.05) is 6.61 Å². The Kier molecular flexibility index (Phi) is 5.46. The number of carboxylic acid groups (broad SMARTS) is 1. The van der Waals surface area contributed by atoms with E-state index in [1.165, 1.54) is 16.8 Å². The number of carboxylic acids is 1. The maximum absolute atomic E-state index is 11.3. The summed E-state index contributed by atoms with van der Waals surface area (Å²) < 4.78 is 12.8. The van der Waals surface area contributed by atoms with Gasteiger partial charge in [-0.15, -0.1) is 5.10 Å². The van der Waals surface area contributed by atoms with Crippen molar-refractivity contribution in [1.82, 2.24) is 15.0 Å². The fraction of sp³-hybridized carbons (Fsp3) is 0.158. The van der Waals surface area contributed by atoms with Crippen molar-refractivity contribution in [2.24, 2.45) is 0 Å². The molecule has 138 valence electrons. The lowest BCUT2D eigenvalue weighted by Crippen LogP contribution is -2.02. The van der Waals surface area contributed by atoms with E-state index < -0.39 is 5.97 Å². The monoisotopic (exact) mass is 367 g/mol. The molecule has 0 unspecified atom stereocenters. The summed E-state index contributed by atoms with van der Waals surface area (Å²) in [5.41, 5.74) is 1.79. The van der Waals surface area contributed by atoms with Crippen LogP contribution in [0, 0.1) is 0 Å². The Labute approximate surface area is 155 Å². The van der Waals surface area contributed by atoms with Crippen molar-refractivity contribution in [2.45, 2.75) is 13.5 Å². The summed E-state index contributed by atoms with van der Waals surface area (Å²) >= 11 is 0. The molecule has 0 bridgehead atoms. The van der Waals surface area contributed by atoms with Crippen molar-refractivity contribution < 1.29 is 24.2 Å². The average molecular weight is 367 g/mol. The molecule has 1 aromatic heterocycles. The number of nitrogens with zero attached hydrogens (tertiary/aromatic N) is 3. The van der Waals surface area contributed by atoms with Gasteiger partial charge in [0.15, 0.2) is 17.8 Å². The van der Waals surface area contributed by atoms with Crippen molar-refractivity contribution in [1.29, 1.82) is 0 Å². The van der Waals surface area contributed by atoms with Gasteiger partial charge in [0.25, 0.3) is 0 Å². The van der Waals surface area contributed by atoms with Gasteiger partial charge < -0.3 is 14.6 Å². The summed E-state index contributed by atoms with van der Waals surface area (Å²) in [5, 5.41) is 17.0. The highest BCUT2D eigenvalue weighted by atomic mass is 16.5. The number of carbonyl (C=O) groups is 2. The Morgan fingerprint density at radius 2 is 1.96 bits per heavy atom. The van der Waals surface area contributed by atoms with E-state index >= 15 is 0 Å². The van der Waals surface area contributed by atoms with E-state index in [1.807, 2.05) is 6.92 Å². The quantitative estimate of drug-likeness (QED) is 0.611. The molecule has 0 aliphatic rings. The first-order valence-corrected chi connectivity index (χ1v) is 8.21. The van der Waals surface area contributed by atoms with Crippen molar-refractivity contribution in [3.8, 4) is 17.2 Å². The van der Waals surface area contributed by atoms with Gasteiger partial charge in [-0.25, -0.2) is 9.48 Å². The lowest BCUT2D eigenvalue weighted by atomic mass is 10.2. The molecule has 3 rings (SSSR count). The third-order valence-electron chi connectivity index (χ3n) is 3.72. The van der Waals surface area contributed by atoms with Gasteiger partial charge in [0.05, 0.1) is 29.6 Å². The highest BCUT2D eigenvalue weighted by molar-refractivity contribution is 5.87. The molecular weight excluding hydrogens is 350 g/mol. The van der Waals surface area contributed by atoms with E-state index in [0.29, 0.717) is 41.3 Å². The summed E-state index contributed by atoms with van der Waals surface area (Å²) in [6.45, 7) is 2.39. The Balaban J connectivity index is 1.75. The predicted molar refractivity (Wildman–Crippen MR) is 95.6 cm³/mol. The molecule has 27 heavy (non-hydrogen) atoms. The van der Waals surface area contributed by atoms with Crippen molar-refractivity contribution in [3.05, 3.63) is 65.5 Å². The molecule has 1 heterocycles. The van der Waals surface area contributed by atoms with Gasteiger partial charge in [-0.1, -0.05) is 11.3 Å². The van der Waals surface area contributed by atoms with Crippen LogP contribution in [0.15, 0.2) is 48.7 Å². The van der Waals surface area contributed by atoms with Crippen LogP contribution in [-0.2, 0) is 6.61 Å². The van der Waals surface area contributed by atoms with Crippen LogP contribution in [0.5, 0.6) is 11.5 Å². The number of aromatic carboxylic acids is 1. The van der Waals surface area contributed by atoms with E-state index in [-0.39, 0.29) is 12.2 Å². The summed E-state index contributed by atoms with van der Waals surface area (Å²) in [6.07, 6.45) is 2.37. The van der Waals surface area contributed by atoms with E-state index in [4.69, 9.17) is 14.6 Å². The van der Waals surface area contributed by atoms with E-state index in [0.717, 1.165) is 0 Å². The molecule has 0 spiro atoms. The summed E-state index contributed by atoms with van der Waals surface area (Å²) in [5.74, 6) is -0.151. The second-order valence-electron chi connectivity index (χ2n) is 5.52. The zero-order valence-corrected chi connectivity index (χ0v) is 14.5. The number of benzene rings is 2. The molecule has 8 nitrogen and oxygen atoms in total. The molecule has 0 fully saturated rings. The van der Waals surface area contributed by atoms with Crippen LogP contribution >= 0.6 is 0 Å². The minimum Gasteiger partial charge on any atom is -0.490 e. The number of hydrogen-bond acceptors (Lipinski definition) is 6. The molecule has 2 aromatic carbocycles. The van der Waals surface area contributed by atoms with Crippen LogP contribution in [0.4, 0.5) is 0 Å². The zero-order chi connectivity index (χ0) is 19.2. The SMILES string of the molecule is CCOc1cccc(C=O)c1OCc1cn(-c2ccc(C(=O)O)cc2)nn1. The lowest BCUT2D eigenvalue weighted by molar-refractivity contribution is 0.0696. The topological polar surface area (TPSA) is 104 Å². The Bertz CT molecular complexity index is 950. The molecule has 0 amide bonds. The molecule has 8 heteroatoms. The Morgan fingerprint density at radius 1 is 1.19 bits per heavy atom. The summed E-state index contributed by atoms with van der Waals surface area (Å²) in [4.78, 5) is 22.2. The average Bonchev–Trinajstić information content (AvgIpc) is 3.16. The van der Waals surface area contributed by atoms with Gasteiger partial charge in [0.1, 0.15) is 12.3 Å². The minimum absolute atomic E-state index is 0.0954. The third kappa shape index (κ3) is 4.12. The second kappa shape index (κ2) is 8.13. The number of rotatable bonds is 8. The number of aldehydes is 1. The fourth-order valence-electron chi connectivity index (χ4n) is 2.44. The van der Waals surface area contributed by atoms with Crippen molar-refractivity contribution in [3.63, 3.8) is 0 Å². The van der Waals surface area contributed by atoms with Crippen LogP contribution < -0.4 is 9.47 Å². The lowest BCUT2D eigenvalue weighted by Gasteiger charge is -2.12. The van der Waals surface area contributed by atoms with Gasteiger partial charge in [-0.05, 0) is 43.3 Å². The summed E-state index contributed by atoms with van der Waals surface area (Å²) in [7, 11) is 0. The third-order valence-corrected chi connectivity index (χ3v) is 3.72. The van der Waals surface area contributed by atoms with Crippen molar-refractivity contribution >= 4 is 12.3 Å². The minimum atomic E-state index is -0.992. The highest BCUT2D eigenvalue weighted by Gasteiger charge is 2.12. The number of hydrogen-bond donors (Lipinski definition) is 1. The second-order valence-corrected chi connectivity index (χ2v) is 5.52. The van der Waals surface area contributed by atoms with Crippen LogP contribution in [0.25, 0.3) is 5.69 Å². The molecule has 1 N–H and O–H groups in total. The normalized spacial score (nSPS) is 10.4. The van der Waals surface area contributed by atoms with Gasteiger partial charge in [0.2, 0.25) is 0 Å². The van der Waals surface area contributed by atoms with E-state index in [9.17, 15) is 9.59 Å². The van der Waals surface area contributed by atoms with E-state index in [1.54, 1.807) is 36.5 Å². The number of ether oxygens (including phenoxy) is 2. The Hall–Kier alpha value is -3.68. The molecule has 0 aliphatic heterocycles. The smallest absolute Gasteiger partial charge is 0.335 e. The molecular formula is C19H17N3O5. The Morgan fingerprint density at radius 3 is 2.63 bits per heavy atom. The largest absolute Gasteiger partial charge is 0.490 e. The van der Waals surface area contributed by atoms with Crippen LogP contribution in [0.1, 0.15) is 33.3 Å². The molecule has 0 radical (unpaired) electrons.